The number of urea groups is 1. The first kappa shape index (κ1) is 15.3. The molecule has 0 saturated carbocycles. The van der Waals surface area contributed by atoms with E-state index in [0.29, 0.717) is 41.7 Å². The van der Waals surface area contributed by atoms with Crippen molar-refractivity contribution in [1.82, 2.24) is 4.90 Å². The number of nitrogens with one attached hydrogen (secondary N) is 1. The summed E-state index contributed by atoms with van der Waals surface area (Å²) in [5.41, 5.74) is 1.08. The molecule has 110 valence electrons. The highest BCUT2D eigenvalue weighted by molar-refractivity contribution is 9.10. The number of anilines is 1. The number of aliphatic carboxylic acids is 1. The van der Waals surface area contributed by atoms with E-state index in [1.54, 1.807) is 23.1 Å². The minimum Gasteiger partial charge on any atom is -0.481 e. The second-order valence-corrected chi connectivity index (χ2v) is 5.69. The number of hydrogen-bond donors (Lipinski definition) is 2. The highest BCUT2D eigenvalue weighted by Crippen LogP contribution is 2.24. The van der Waals surface area contributed by atoms with Crippen molar-refractivity contribution in [2.45, 2.75) is 12.8 Å². The fourth-order valence-corrected chi connectivity index (χ4v) is 2.69. The number of piperidine rings is 1. The number of nitriles is 1. The number of nitrogens with zero attached hydrogens (tertiary/aromatic N) is 2. The Kier molecular flexibility index (Phi) is 4.81. The van der Waals surface area contributed by atoms with Gasteiger partial charge < -0.3 is 15.3 Å². The molecule has 1 aromatic rings. The molecule has 1 fully saturated rings. The summed E-state index contributed by atoms with van der Waals surface area (Å²) in [6, 6.07) is 6.67. The summed E-state index contributed by atoms with van der Waals surface area (Å²) in [5, 5.41) is 20.5. The van der Waals surface area contributed by atoms with Gasteiger partial charge in [-0.25, -0.2) is 4.79 Å². The van der Waals surface area contributed by atoms with Gasteiger partial charge in [-0.3, -0.25) is 4.79 Å². The molecule has 1 aliphatic heterocycles. The molecule has 2 amide bonds. The van der Waals surface area contributed by atoms with Gasteiger partial charge in [-0.1, -0.05) is 0 Å². The fourth-order valence-electron chi connectivity index (χ4n) is 2.21. The number of carbonyl (C=O) groups excluding carboxylic acids is 1. The first-order valence-electron chi connectivity index (χ1n) is 6.49. The molecule has 0 radical (unpaired) electrons. The normalized spacial score (nSPS) is 15.3. The van der Waals surface area contributed by atoms with Crippen molar-refractivity contribution in [2.75, 3.05) is 18.4 Å². The Labute approximate surface area is 130 Å². The van der Waals surface area contributed by atoms with Crippen LogP contribution in [0.2, 0.25) is 0 Å². The Morgan fingerprint density at radius 3 is 2.57 bits per heavy atom. The van der Waals surface area contributed by atoms with Gasteiger partial charge in [0.25, 0.3) is 0 Å². The third-order valence-corrected chi connectivity index (χ3v) is 4.13. The second-order valence-electron chi connectivity index (χ2n) is 4.84. The Bertz CT molecular complexity index is 604. The van der Waals surface area contributed by atoms with Gasteiger partial charge in [0.2, 0.25) is 0 Å². The van der Waals surface area contributed by atoms with E-state index in [9.17, 15) is 9.59 Å². The topological polar surface area (TPSA) is 93.4 Å². The van der Waals surface area contributed by atoms with Crippen molar-refractivity contribution in [2.24, 2.45) is 5.92 Å². The lowest BCUT2D eigenvalue weighted by atomic mass is 9.97. The van der Waals surface area contributed by atoms with Gasteiger partial charge in [0.15, 0.2) is 0 Å². The molecule has 0 bridgehead atoms. The van der Waals surface area contributed by atoms with Crippen LogP contribution < -0.4 is 5.32 Å². The highest BCUT2D eigenvalue weighted by atomic mass is 79.9. The average molecular weight is 352 g/mol. The zero-order chi connectivity index (χ0) is 15.4. The average Bonchev–Trinajstić information content (AvgIpc) is 2.49. The van der Waals surface area contributed by atoms with Crippen molar-refractivity contribution in [1.29, 1.82) is 5.26 Å². The Balaban J connectivity index is 1.97. The summed E-state index contributed by atoms with van der Waals surface area (Å²) in [4.78, 5) is 24.6. The van der Waals surface area contributed by atoms with E-state index in [4.69, 9.17) is 10.4 Å². The van der Waals surface area contributed by atoms with Crippen molar-refractivity contribution in [3.8, 4) is 6.07 Å². The molecule has 1 heterocycles. The number of rotatable bonds is 2. The van der Waals surface area contributed by atoms with E-state index < -0.39 is 5.97 Å². The molecule has 1 aromatic carbocycles. The minimum atomic E-state index is -0.801. The Morgan fingerprint density at radius 1 is 1.38 bits per heavy atom. The van der Waals surface area contributed by atoms with Gasteiger partial charge in [-0.2, -0.15) is 5.26 Å². The van der Waals surface area contributed by atoms with Crippen molar-refractivity contribution < 1.29 is 14.7 Å². The van der Waals surface area contributed by atoms with Gasteiger partial charge in [-0.15, -0.1) is 0 Å². The summed E-state index contributed by atoms with van der Waals surface area (Å²) in [5.74, 6) is -1.17. The van der Waals surface area contributed by atoms with Crippen LogP contribution >= 0.6 is 15.9 Å². The summed E-state index contributed by atoms with van der Waals surface area (Å²) in [7, 11) is 0. The number of likely N-dealkylation sites (tertiary alicyclic amines) is 1. The summed E-state index contributed by atoms with van der Waals surface area (Å²) >= 11 is 3.31. The quantitative estimate of drug-likeness (QED) is 0.856. The molecule has 6 nitrogen and oxygen atoms in total. The van der Waals surface area contributed by atoms with E-state index >= 15 is 0 Å². The zero-order valence-electron chi connectivity index (χ0n) is 11.2. The molecule has 0 spiro atoms. The summed E-state index contributed by atoms with van der Waals surface area (Å²) in [6.45, 7) is 0.855. The lowest BCUT2D eigenvalue weighted by molar-refractivity contribution is -0.143. The number of carbonyl (C=O) groups is 2. The van der Waals surface area contributed by atoms with Crippen LogP contribution in [-0.4, -0.2) is 35.1 Å². The molecule has 21 heavy (non-hydrogen) atoms. The maximum atomic E-state index is 12.1. The molecule has 2 N–H and O–H groups in total. The Morgan fingerprint density at radius 2 is 2.05 bits per heavy atom. The first-order valence-corrected chi connectivity index (χ1v) is 7.29. The molecular formula is C14H14BrN3O3. The van der Waals surface area contributed by atoms with E-state index in [0.717, 1.165) is 0 Å². The standard InChI is InChI=1S/C14H14BrN3O3/c15-11-7-9(8-16)1-2-12(11)17-14(21)18-5-3-10(4-6-18)13(19)20/h1-2,7,10H,3-6H2,(H,17,21)(H,19,20). The van der Waals surface area contributed by atoms with Gasteiger partial charge in [0.1, 0.15) is 0 Å². The van der Waals surface area contributed by atoms with Gasteiger partial charge in [0, 0.05) is 17.6 Å². The lowest BCUT2D eigenvalue weighted by Gasteiger charge is -2.30. The van der Waals surface area contributed by atoms with Crippen LogP contribution in [0.4, 0.5) is 10.5 Å². The van der Waals surface area contributed by atoms with Crippen molar-refractivity contribution in [3.05, 3.63) is 28.2 Å². The lowest BCUT2D eigenvalue weighted by Crippen LogP contribution is -2.42. The maximum absolute atomic E-state index is 12.1. The maximum Gasteiger partial charge on any atom is 0.321 e. The number of amides is 2. The fraction of sp³-hybridized carbons (Fsp3) is 0.357. The number of hydrogen-bond acceptors (Lipinski definition) is 3. The van der Waals surface area contributed by atoms with Crippen molar-refractivity contribution in [3.63, 3.8) is 0 Å². The third-order valence-electron chi connectivity index (χ3n) is 3.47. The molecule has 7 heteroatoms. The van der Waals surface area contributed by atoms with E-state index in [1.165, 1.54) is 0 Å². The monoisotopic (exact) mass is 351 g/mol. The molecule has 0 unspecified atom stereocenters. The molecule has 1 saturated heterocycles. The van der Waals surface area contributed by atoms with Crippen LogP contribution in [0.1, 0.15) is 18.4 Å². The number of carboxylic acids is 1. The number of halogens is 1. The third kappa shape index (κ3) is 3.73. The molecule has 0 aromatic heterocycles. The van der Waals surface area contributed by atoms with Gasteiger partial charge in [0.05, 0.1) is 23.2 Å². The Hall–Kier alpha value is -2.07. The largest absolute Gasteiger partial charge is 0.481 e. The highest BCUT2D eigenvalue weighted by Gasteiger charge is 2.27. The number of benzene rings is 1. The SMILES string of the molecule is N#Cc1ccc(NC(=O)N2CCC(C(=O)O)CC2)c(Br)c1. The molecule has 1 aliphatic rings. The van der Waals surface area contributed by atoms with Crippen LogP contribution in [0.5, 0.6) is 0 Å². The van der Waals surface area contributed by atoms with Gasteiger partial charge >= 0.3 is 12.0 Å². The molecular weight excluding hydrogens is 338 g/mol. The van der Waals surface area contributed by atoms with Crippen LogP contribution in [0, 0.1) is 17.2 Å². The van der Waals surface area contributed by atoms with E-state index in [1.807, 2.05) is 6.07 Å². The van der Waals surface area contributed by atoms with Crippen LogP contribution in [0.3, 0.4) is 0 Å². The van der Waals surface area contributed by atoms with Crippen LogP contribution in [0.25, 0.3) is 0 Å². The molecule has 0 aliphatic carbocycles. The van der Waals surface area contributed by atoms with E-state index in [-0.39, 0.29) is 11.9 Å². The first-order chi connectivity index (χ1) is 10.0. The zero-order valence-corrected chi connectivity index (χ0v) is 12.8. The van der Waals surface area contributed by atoms with E-state index in [2.05, 4.69) is 21.2 Å². The van der Waals surface area contributed by atoms with Crippen LogP contribution in [0.15, 0.2) is 22.7 Å². The molecule has 0 atom stereocenters. The predicted molar refractivity (Wildman–Crippen MR) is 79.8 cm³/mol. The van der Waals surface area contributed by atoms with Gasteiger partial charge in [-0.05, 0) is 47.0 Å². The summed E-state index contributed by atoms with van der Waals surface area (Å²) in [6.07, 6.45) is 0.939. The summed E-state index contributed by atoms with van der Waals surface area (Å²) < 4.78 is 0.635. The predicted octanol–water partition coefficient (Wildman–Crippen LogP) is 2.65. The van der Waals surface area contributed by atoms with Crippen molar-refractivity contribution >= 4 is 33.6 Å². The second kappa shape index (κ2) is 6.59. The smallest absolute Gasteiger partial charge is 0.321 e. The van der Waals surface area contributed by atoms with Crippen LogP contribution in [-0.2, 0) is 4.79 Å². The number of carboxylic acid groups (broad SMARTS) is 1. The molecule has 2 rings (SSSR count). The minimum absolute atomic E-state index is 0.260.